The molecule has 0 aliphatic carbocycles. The van der Waals surface area contributed by atoms with Crippen LogP contribution in [-0.2, 0) is 17.7 Å². The molecule has 1 aromatic carbocycles. The van der Waals surface area contributed by atoms with Crippen LogP contribution in [0.2, 0.25) is 22.2 Å². The molecule has 44 heavy (non-hydrogen) atoms. The predicted octanol–water partition coefficient (Wildman–Crippen LogP) is 5.61. The largest absolute Gasteiger partial charge is 0.479 e. The van der Waals surface area contributed by atoms with E-state index in [1.165, 1.54) is 19.8 Å². The van der Waals surface area contributed by atoms with Gasteiger partial charge in [-0.15, -0.1) is 0 Å². The highest BCUT2D eigenvalue weighted by Crippen LogP contribution is 2.51. The van der Waals surface area contributed by atoms with Gasteiger partial charge in [-0.25, -0.2) is 9.97 Å². The highest BCUT2D eigenvalue weighted by Gasteiger charge is 2.68. The third-order valence-electron chi connectivity index (χ3n) is 9.22. The van der Waals surface area contributed by atoms with E-state index >= 15 is 0 Å². The fourth-order valence-corrected chi connectivity index (χ4v) is 18.0. The van der Waals surface area contributed by atoms with Crippen LogP contribution >= 0.6 is 0 Å². The van der Waals surface area contributed by atoms with E-state index in [4.69, 9.17) is 22.4 Å². The van der Waals surface area contributed by atoms with Crippen molar-refractivity contribution in [3.63, 3.8) is 0 Å². The van der Waals surface area contributed by atoms with E-state index in [9.17, 15) is 9.90 Å². The van der Waals surface area contributed by atoms with Crippen molar-refractivity contribution < 1.29 is 32.3 Å². The number of Topliss-reactive ketones (excluding diaryl/α,β-unsaturated/α-hetero) is 1. The zero-order valence-electron chi connectivity index (χ0n) is 27.4. The molecule has 0 amide bonds. The number of hydrogen-bond donors (Lipinski definition) is 1. The summed E-state index contributed by atoms with van der Waals surface area (Å²) in [5.74, 6) is -0.250. The fraction of sp³-hybridized carbons (Fsp3) is 0.613. The third kappa shape index (κ3) is 5.06. The standard InChI is InChI=1S/C31H46N4O7Si2/c1-18(2)43(19(3)4)39-15-24-27(41-44(42-43,20(5)6)21(7)8)31(37,26(36)23-13-11-22(9)12-14-23)30(40-24)35-17-34-25-28(35)32-16-33-29(25)38-10/h11-14,16-21,24,27,30,37H,15H2,1-10H3/t24-,27-,30-,31+/m1/s1. The zero-order chi connectivity index (χ0) is 32.2. The van der Waals surface area contributed by atoms with Crippen molar-refractivity contribution in [3.8, 4) is 5.88 Å². The first kappa shape index (κ1) is 32.9. The lowest BCUT2D eigenvalue weighted by molar-refractivity contribution is -0.0807. The van der Waals surface area contributed by atoms with Crippen LogP contribution in [0.4, 0.5) is 0 Å². The van der Waals surface area contributed by atoms with E-state index in [0.717, 1.165) is 5.56 Å². The van der Waals surface area contributed by atoms with Crippen molar-refractivity contribution >= 4 is 34.1 Å². The molecule has 4 heterocycles. The monoisotopic (exact) mass is 642 g/mol. The van der Waals surface area contributed by atoms with Gasteiger partial charge in [0.15, 0.2) is 17.4 Å². The Morgan fingerprint density at radius 1 is 0.977 bits per heavy atom. The quantitative estimate of drug-likeness (QED) is 0.245. The molecule has 3 aromatic rings. The summed E-state index contributed by atoms with van der Waals surface area (Å²) >= 11 is 0. The summed E-state index contributed by atoms with van der Waals surface area (Å²) in [6.45, 7) is 19.0. The molecule has 4 atom stereocenters. The molecule has 2 saturated heterocycles. The molecule has 240 valence electrons. The minimum absolute atomic E-state index is 0.0157. The zero-order valence-corrected chi connectivity index (χ0v) is 29.4. The number of nitrogens with zero attached hydrogens (tertiary/aromatic N) is 4. The average molecular weight is 643 g/mol. The number of imidazole rings is 1. The number of ketones is 1. The van der Waals surface area contributed by atoms with Crippen molar-refractivity contribution in [2.75, 3.05) is 13.7 Å². The Bertz CT molecular complexity index is 1480. The lowest BCUT2D eigenvalue weighted by Crippen LogP contribution is -2.68. The predicted molar refractivity (Wildman–Crippen MR) is 170 cm³/mol. The van der Waals surface area contributed by atoms with E-state index in [1.807, 2.05) is 19.1 Å². The molecule has 2 aliphatic heterocycles. The van der Waals surface area contributed by atoms with Crippen molar-refractivity contribution in [1.29, 1.82) is 0 Å². The van der Waals surface area contributed by atoms with Gasteiger partial charge in [0.05, 0.1) is 20.0 Å². The number of fused-ring (bicyclic) bond motifs is 2. The number of carbonyl (C=O) groups excluding carboxylic acids is 1. The molecule has 1 N–H and O–H groups in total. The second-order valence-corrected chi connectivity index (χ2v) is 22.1. The van der Waals surface area contributed by atoms with Gasteiger partial charge in [0.25, 0.3) is 0 Å². The lowest BCUT2D eigenvalue weighted by atomic mass is 9.85. The van der Waals surface area contributed by atoms with Gasteiger partial charge >= 0.3 is 17.1 Å². The van der Waals surface area contributed by atoms with E-state index in [-0.39, 0.29) is 34.7 Å². The third-order valence-corrected chi connectivity index (χ3v) is 19.5. The number of hydrogen-bond acceptors (Lipinski definition) is 10. The molecule has 5 rings (SSSR count). The highest BCUT2D eigenvalue weighted by atomic mass is 28.5. The van der Waals surface area contributed by atoms with Crippen LogP contribution in [-0.4, -0.2) is 79.1 Å². The van der Waals surface area contributed by atoms with E-state index in [0.29, 0.717) is 16.7 Å². The fourth-order valence-electron chi connectivity index (χ4n) is 6.79. The number of aliphatic hydroxyl groups is 1. The topological polar surface area (TPSA) is 127 Å². The van der Waals surface area contributed by atoms with Crippen molar-refractivity contribution in [3.05, 3.63) is 48.0 Å². The molecule has 0 unspecified atom stereocenters. The summed E-state index contributed by atoms with van der Waals surface area (Å²) in [6.07, 6.45) is -0.263. The summed E-state index contributed by atoms with van der Waals surface area (Å²) in [6, 6.07) is 7.14. The molecule has 0 saturated carbocycles. The Balaban J connectivity index is 1.74. The number of methoxy groups -OCH3 is 1. The molecular formula is C31H46N4O7Si2. The second kappa shape index (κ2) is 12.0. The van der Waals surface area contributed by atoms with Gasteiger partial charge in [0.2, 0.25) is 17.3 Å². The Labute approximate surface area is 261 Å². The van der Waals surface area contributed by atoms with Crippen molar-refractivity contribution in [2.45, 2.75) is 109 Å². The first-order valence-corrected chi connectivity index (χ1v) is 19.4. The van der Waals surface area contributed by atoms with Gasteiger partial charge in [-0.3, -0.25) is 9.36 Å². The van der Waals surface area contributed by atoms with Crippen LogP contribution in [0, 0.1) is 6.92 Å². The summed E-state index contributed by atoms with van der Waals surface area (Å²) in [4.78, 5) is 27.7. The normalized spacial score (nSPS) is 26.8. The van der Waals surface area contributed by atoms with Gasteiger partial charge < -0.3 is 27.5 Å². The van der Waals surface area contributed by atoms with Crippen LogP contribution in [0.3, 0.4) is 0 Å². The maximum absolute atomic E-state index is 14.6. The smallest absolute Gasteiger partial charge is 0.335 e. The summed E-state index contributed by atoms with van der Waals surface area (Å²) < 4.78 is 35.2. The molecule has 0 bridgehead atoms. The Kier molecular flexibility index (Phi) is 8.97. The molecule has 2 aliphatic rings. The Hall–Kier alpha value is -2.53. The van der Waals surface area contributed by atoms with Crippen molar-refractivity contribution in [2.24, 2.45) is 0 Å². The first-order valence-electron chi connectivity index (χ1n) is 15.5. The Morgan fingerprint density at radius 3 is 2.16 bits per heavy atom. The number of ether oxygens (including phenoxy) is 2. The van der Waals surface area contributed by atoms with Gasteiger partial charge in [0.1, 0.15) is 18.5 Å². The van der Waals surface area contributed by atoms with Gasteiger partial charge in [-0.2, -0.15) is 4.98 Å². The van der Waals surface area contributed by atoms with Crippen LogP contribution in [0.1, 0.15) is 77.5 Å². The van der Waals surface area contributed by atoms with Crippen molar-refractivity contribution in [1.82, 2.24) is 19.5 Å². The number of benzene rings is 1. The first-order chi connectivity index (χ1) is 20.7. The average Bonchev–Trinajstić information content (AvgIpc) is 3.51. The highest BCUT2D eigenvalue weighted by molar-refractivity contribution is 6.84. The number of aryl methyl sites for hydroxylation is 1. The van der Waals surface area contributed by atoms with Gasteiger partial charge in [0, 0.05) is 5.56 Å². The van der Waals surface area contributed by atoms with E-state index in [2.05, 4.69) is 70.3 Å². The number of rotatable bonds is 8. The lowest BCUT2D eigenvalue weighted by Gasteiger charge is -2.52. The second-order valence-electron chi connectivity index (χ2n) is 13.3. The van der Waals surface area contributed by atoms with Crippen LogP contribution in [0.15, 0.2) is 36.9 Å². The molecule has 0 spiro atoms. The van der Waals surface area contributed by atoms with Crippen LogP contribution in [0.5, 0.6) is 5.88 Å². The minimum Gasteiger partial charge on any atom is -0.479 e. The van der Waals surface area contributed by atoms with Gasteiger partial charge in [-0.05, 0) is 29.1 Å². The molecule has 13 heteroatoms. The number of carbonyl (C=O) groups is 1. The maximum atomic E-state index is 14.6. The molecule has 0 radical (unpaired) electrons. The Morgan fingerprint density at radius 2 is 1.59 bits per heavy atom. The van der Waals surface area contributed by atoms with Crippen LogP contribution < -0.4 is 4.74 Å². The molecule has 2 aromatic heterocycles. The SMILES string of the molecule is COc1ncnc2c1ncn2[C@@H]1O[C@@H]2CO[Si](C(C)C)(C(C)C)O[Si](C(C)C)(C(C)C)O[C@H]2[C@@]1(O)C(=O)c1ccc(C)cc1. The molecule has 11 nitrogen and oxygen atoms in total. The summed E-state index contributed by atoms with van der Waals surface area (Å²) in [5.41, 5.74) is 0.104. The molecule has 2 fully saturated rings. The summed E-state index contributed by atoms with van der Waals surface area (Å²) in [7, 11) is -4.62. The van der Waals surface area contributed by atoms with E-state index in [1.54, 1.807) is 16.7 Å². The van der Waals surface area contributed by atoms with Gasteiger partial charge in [-0.1, -0.05) is 85.2 Å². The molecular weight excluding hydrogens is 597 g/mol. The number of aromatic nitrogens is 4. The maximum Gasteiger partial charge on any atom is 0.335 e. The minimum atomic E-state index is -3.22. The summed E-state index contributed by atoms with van der Waals surface area (Å²) in [5, 5.41) is 13.0. The van der Waals surface area contributed by atoms with E-state index < -0.39 is 46.9 Å². The van der Waals surface area contributed by atoms with Crippen LogP contribution in [0.25, 0.3) is 11.2 Å².